The van der Waals surface area contributed by atoms with E-state index < -0.39 is 0 Å². The molecule has 1 aliphatic heterocycles. The molecule has 0 unspecified atom stereocenters. The largest absolute Gasteiger partial charge is 0.359 e. The fraction of sp³-hybridized carbons (Fsp3) is 0.381. The number of Topliss-reactive ketones (excluding diaryl/α,β-unsaturated/α-hetero) is 1. The number of aromatic amines is 1. The number of rotatable bonds is 8. The van der Waals surface area contributed by atoms with E-state index in [4.69, 9.17) is 0 Å². The second-order valence-electron chi connectivity index (χ2n) is 7.12. The molecule has 0 radical (unpaired) electrons. The van der Waals surface area contributed by atoms with Gasteiger partial charge in [0.2, 0.25) is 0 Å². The maximum atomic E-state index is 11.9. The molecule has 1 aliphatic rings. The number of carbonyl (C=O) groups is 1. The number of aromatic nitrogens is 4. The first-order valence-corrected chi connectivity index (χ1v) is 10.7. The zero-order valence-electron chi connectivity index (χ0n) is 16.3. The van der Waals surface area contributed by atoms with E-state index in [9.17, 15) is 4.79 Å². The predicted molar refractivity (Wildman–Crippen MR) is 111 cm³/mol. The summed E-state index contributed by atoms with van der Waals surface area (Å²) >= 11 is 1.75. The van der Waals surface area contributed by atoms with Crippen molar-refractivity contribution in [2.45, 2.75) is 38.0 Å². The Morgan fingerprint density at radius 3 is 2.86 bits per heavy atom. The highest BCUT2D eigenvalue weighted by Gasteiger charge is 2.20. The van der Waals surface area contributed by atoms with Crippen molar-refractivity contribution in [2.24, 2.45) is 7.05 Å². The highest BCUT2D eigenvalue weighted by atomic mass is 32.2. The van der Waals surface area contributed by atoms with Crippen LogP contribution < -0.4 is 0 Å². The highest BCUT2D eigenvalue weighted by molar-refractivity contribution is 7.99. The van der Waals surface area contributed by atoms with Crippen LogP contribution in [0.4, 0.5) is 0 Å². The van der Waals surface area contributed by atoms with Gasteiger partial charge in [0.1, 0.15) is 0 Å². The average molecular weight is 396 g/mol. The van der Waals surface area contributed by atoms with Crippen LogP contribution in [0.3, 0.4) is 0 Å². The van der Waals surface area contributed by atoms with E-state index >= 15 is 0 Å². The Labute approximate surface area is 169 Å². The first kappa shape index (κ1) is 19.0. The molecule has 3 aromatic rings. The number of hydrogen-bond donors (Lipinski definition) is 1. The van der Waals surface area contributed by atoms with Crippen LogP contribution in [0.25, 0.3) is 11.5 Å². The second-order valence-corrected chi connectivity index (χ2v) is 8.18. The van der Waals surface area contributed by atoms with Gasteiger partial charge in [-0.2, -0.15) is 0 Å². The van der Waals surface area contributed by atoms with Gasteiger partial charge in [0.15, 0.2) is 16.8 Å². The summed E-state index contributed by atoms with van der Waals surface area (Å²) in [7, 11) is 2.00. The maximum absolute atomic E-state index is 11.9. The summed E-state index contributed by atoms with van der Waals surface area (Å²) in [6.07, 6.45) is 3.55. The van der Waals surface area contributed by atoms with Crippen molar-refractivity contribution in [3.8, 4) is 11.5 Å². The minimum absolute atomic E-state index is 0.222. The number of carbonyl (C=O) groups excluding carboxylic acids is 1. The van der Waals surface area contributed by atoms with Gasteiger partial charge in [-0.1, -0.05) is 30.8 Å². The molecule has 0 fully saturated rings. The van der Waals surface area contributed by atoms with Crippen molar-refractivity contribution < 1.29 is 4.79 Å². The highest BCUT2D eigenvalue weighted by Crippen LogP contribution is 2.26. The molecule has 1 N–H and O–H groups in total. The van der Waals surface area contributed by atoms with Gasteiger partial charge < -0.3 is 9.55 Å². The minimum Gasteiger partial charge on any atom is -0.359 e. The van der Waals surface area contributed by atoms with Gasteiger partial charge in [0.05, 0.1) is 5.69 Å². The van der Waals surface area contributed by atoms with Gasteiger partial charge in [0.25, 0.3) is 0 Å². The Kier molecular flexibility index (Phi) is 5.64. The Morgan fingerprint density at radius 1 is 1.21 bits per heavy atom. The fourth-order valence-corrected chi connectivity index (χ4v) is 4.43. The van der Waals surface area contributed by atoms with Gasteiger partial charge in [-0.15, -0.1) is 10.2 Å². The van der Waals surface area contributed by atoms with Gasteiger partial charge in [-0.3, -0.25) is 9.69 Å². The minimum atomic E-state index is 0.222. The molecule has 0 amide bonds. The molecule has 6 nitrogen and oxygen atoms in total. The molecule has 2 aromatic heterocycles. The number of fused-ring (bicyclic) bond motifs is 1. The molecule has 0 atom stereocenters. The Bertz CT molecular complexity index is 963. The molecule has 3 heterocycles. The third-order valence-electron chi connectivity index (χ3n) is 5.16. The van der Waals surface area contributed by atoms with E-state index in [1.807, 2.05) is 42.9 Å². The quantitative estimate of drug-likeness (QED) is 0.356. The number of nitrogens with one attached hydrogen (secondary N) is 1. The zero-order chi connectivity index (χ0) is 19.5. The number of H-pyrrole nitrogens is 1. The van der Waals surface area contributed by atoms with Crippen molar-refractivity contribution in [1.29, 1.82) is 0 Å². The van der Waals surface area contributed by atoms with E-state index in [-0.39, 0.29) is 5.78 Å². The van der Waals surface area contributed by atoms with Crippen LogP contribution in [0.15, 0.2) is 41.7 Å². The Hall–Kier alpha value is -2.38. The number of thioether (sulfide) groups is 1. The van der Waals surface area contributed by atoms with Crippen LogP contribution in [0.1, 0.15) is 41.3 Å². The molecule has 0 aliphatic carbocycles. The lowest BCUT2D eigenvalue weighted by Crippen LogP contribution is -2.18. The molecule has 0 bridgehead atoms. The van der Waals surface area contributed by atoms with Crippen molar-refractivity contribution >= 4 is 17.5 Å². The molecule has 7 heteroatoms. The zero-order valence-corrected chi connectivity index (χ0v) is 17.1. The maximum Gasteiger partial charge on any atom is 0.191 e. The molecule has 146 valence electrons. The summed E-state index contributed by atoms with van der Waals surface area (Å²) in [5.74, 6) is 2.09. The van der Waals surface area contributed by atoms with Crippen LogP contribution in [0, 0.1) is 0 Å². The van der Waals surface area contributed by atoms with Gasteiger partial charge in [-0.05, 0) is 42.3 Å². The molecular formula is C21H25N5OS. The van der Waals surface area contributed by atoms with E-state index in [0.717, 1.165) is 54.0 Å². The Balaban J connectivity index is 1.27. The van der Waals surface area contributed by atoms with E-state index in [0.29, 0.717) is 6.42 Å². The van der Waals surface area contributed by atoms with E-state index in [1.165, 1.54) is 11.1 Å². The number of nitrogens with zero attached hydrogens (tertiary/aromatic N) is 4. The Morgan fingerprint density at radius 2 is 2.07 bits per heavy atom. The first-order chi connectivity index (χ1) is 13.7. The number of hydrogen-bond acceptors (Lipinski definition) is 5. The third-order valence-corrected chi connectivity index (χ3v) is 6.27. The number of benzene rings is 1. The molecule has 4 rings (SSSR count). The number of ketones is 1. The van der Waals surface area contributed by atoms with Gasteiger partial charge in [-0.25, -0.2) is 0 Å². The lowest BCUT2D eigenvalue weighted by molar-refractivity contribution is 0.0988. The lowest BCUT2D eigenvalue weighted by Gasteiger charge is -2.14. The van der Waals surface area contributed by atoms with Gasteiger partial charge >= 0.3 is 0 Å². The summed E-state index contributed by atoms with van der Waals surface area (Å²) in [5, 5.41) is 9.55. The van der Waals surface area contributed by atoms with E-state index in [1.54, 1.807) is 11.8 Å². The molecule has 0 saturated heterocycles. The second kappa shape index (κ2) is 8.32. The topological polar surface area (TPSA) is 66.8 Å². The molecule has 0 saturated carbocycles. The van der Waals surface area contributed by atoms with Crippen molar-refractivity contribution in [1.82, 2.24) is 24.6 Å². The molecule has 1 aromatic carbocycles. The standard InChI is InChI=1S/C21H25N5OS/c1-3-19(27)15-7-8-16-13-26(14-17(16)12-15)10-5-11-28-21-24-23-20(25(21)2)18-6-4-9-22-18/h4,6-9,12,22H,3,5,10-11,13-14H2,1-2H3. The molecule has 0 spiro atoms. The van der Waals surface area contributed by atoms with Crippen LogP contribution in [-0.2, 0) is 20.1 Å². The van der Waals surface area contributed by atoms with Crippen molar-refractivity contribution in [3.63, 3.8) is 0 Å². The average Bonchev–Trinajstić information content (AvgIpc) is 3.44. The van der Waals surface area contributed by atoms with Crippen LogP contribution in [-0.4, -0.2) is 42.7 Å². The first-order valence-electron chi connectivity index (χ1n) is 9.69. The molecular weight excluding hydrogens is 370 g/mol. The normalized spacial score (nSPS) is 13.8. The van der Waals surface area contributed by atoms with Crippen LogP contribution in [0.2, 0.25) is 0 Å². The summed E-state index contributed by atoms with van der Waals surface area (Å²) in [5.41, 5.74) is 4.48. The smallest absolute Gasteiger partial charge is 0.191 e. The van der Waals surface area contributed by atoms with Gasteiger partial charge in [0, 0.05) is 44.1 Å². The third kappa shape index (κ3) is 3.91. The summed E-state index contributed by atoms with van der Waals surface area (Å²) < 4.78 is 2.04. The van der Waals surface area contributed by atoms with Crippen molar-refractivity contribution in [2.75, 3.05) is 12.3 Å². The summed E-state index contributed by atoms with van der Waals surface area (Å²) in [6.45, 7) is 4.87. The SMILES string of the molecule is CCC(=O)c1ccc2c(c1)CN(CCCSc1nnc(-c3ccc[nH]3)n1C)C2. The lowest BCUT2D eigenvalue weighted by atomic mass is 10.0. The summed E-state index contributed by atoms with van der Waals surface area (Å²) in [6, 6.07) is 10.1. The van der Waals surface area contributed by atoms with Crippen LogP contribution >= 0.6 is 11.8 Å². The monoisotopic (exact) mass is 395 g/mol. The molecule has 28 heavy (non-hydrogen) atoms. The fourth-order valence-electron chi connectivity index (χ4n) is 3.60. The predicted octanol–water partition coefficient (Wildman–Crippen LogP) is 3.90. The van der Waals surface area contributed by atoms with Crippen molar-refractivity contribution in [3.05, 3.63) is 53.2 Å². The van der Waals surface area contributed by atoms with E-state index in [2.05, 4.69) is 32.2 Å². The van der Waals surface area contributed by atoms with Crippen LogP contribution in [0.5, 0.6) is 0 Å². The summed E-state index contributed by atoms with van der Waals surface area (Å²) in [4.78, 5) is 17.5.